The summed E-state index contributed by atoms with van der Waals surface area (Å²) < 4.78 is 1.08. The fourth-order valence-corrected chi connectivity index (χ4v) is 1.41. The fraction of sp³-hybridized carbons (Fsp3) is 0.100. The van der Waals surface area contributed by atoms with Crippen molar-refractivity contribution in [2.75, 3.05) is 5.32 Å². The minimum atomic E-state index is -0.149. The molecular weight excluding hydrogens is 277 g/mol. The van der Waals surface area contributed by atoms with Gasteiger partial charge in [-0.05, 0) is 40.8 Å². The highest BCUT2D eigenvalue weighted by atomic mass is 127. The van der Waals surface area contributed by atoms with Crippen LogP contribution >= 0.6 is 22.6 Å². The number of hydrogen-bond acceptors (Lipinski definition) is 1. The van der Waals surface area contributed by atoms with Gasteiger partial charge >= 0.3 is 0 Å². The Balaban J connectivity index is 2.65. The maximum Gasteiger partial charge on any atom is 0.236 e. The van der Waals surface area contributed by atoms with Gasteiger partial charge in [-0.1, -0.05) is 12.0 Å². The van der Waals surface area contributed by atoms with Crippen molar-refractivity contribution in [3.8, 4) is 12.3 Å². The molecule has 0 saturated heterocycles. The van der Waals surface area contributed by atoms with Crippen LogP contribution in [0.5, 0.6) is 0 Å². The van der Waals surface area contributed by atoms with Crippen LogP contribution in [0.25, 0.3) is 0 Å². The Kier molecular flexibility index (Phi) is 3.77. The van der Waals surface area contributed by atoms with Crippen molar-refractivity contribution in [2.24, 2.45) is 0 Å². The molecular formula is C10H8INO. The molecule has 0 unspecified atom stereocenters. The second-order valence-corrected chi connectivity index (χ2v) is 3.69. The average molecular weight is 285 g/mol. The predicted molar refractivity (Wildman–Crippen MR) is 61.2 cm³/mol. The van der Waals surface area contributed by atoms with Gasteiger partial charge in [-0.2, -0.15) is 0 Å². The molecule has 0 aliphatic heterocycles. The molecule has 0 saturated carbocycles. The van der Waals surface area contributed by atoms with Crippen molar-refractivity contribution < 1.29 is 4.79 Å². The van der Waals surface area contributed by atoms with E-state index in [-0.39, 0.29) is 12.3 Å². The van der Waals surface area contributed by atoms with Crippen molar-refractivity contribution >= 4 is 34.2 Å². The molecule has 1 aromatic carbocycles. The SMILES string of the molecule is C#CCC(=O)Nc1cccc(I)c1. The molecule has 1 aromatic rings. The Morgan fingerprint density at radius 1 is 1.62 bits per heavy atom. The summed E-state index contributed by atoms with van der Waals surface area (Å²) in [5.41, 5.74) is 0.784. The van der Waals surface area contributed by atoms with E-state index in [9.17, 15) is 4.79 Å². The summed E-state index contributed by atoms with van der Waals surface area (Å²) in [5.74, 6) is 2.14. The summed E-state index contributed by atoms with van der Waals surface area (Å²) in [7, 11) is 0. The molecule has 66 valence electrons. The van der Waals surface area contributed by atoms with Crippen molar-refractivity contribution in [3.63, 3.8) is 0 Å². The van der Waals surface area contributed by atoms with Crippen molar-refractivity contribution in [2.45, 2.75) is 6.42 Å². The van der Waals surface area contributed by atoms with Gasteiger partial charge in [-0.3, -0.25) is 4.79 Å². The predicted octanol–water partition coefficient (Wildman–Crippen LogP) is 2.25. The van der Waals surface area contributed by atoms with Gasteiger partial charge in [-0.15, -0.1) is 6.42 Å². The van der Waals surface area contributed by atoms with E-state index in [0.717, 1.165) is 9.26 Å². The standard InChI is InChI=1S/C10H8INO/c1-2-4-10(13)12-9-6-3-5-8(11)7-9/h1,3,5-7H,4H2,(H,12,13). The van der Waals surface area contributed by atoms with Gasteiger partial charge in [-0.25, -0.2) is 0 Å². The molecule has 0 spiro atoms. The van der Waals surface area contributed by atoms with Gasteiger partial charge < -0.3 is 5.32 Å². The molecule has 0 atom stereocenters. The van der Waals surface area contributed by atoms with Crippen LogP contribution in [-0.2, 0) is 4.79 Å². The number of anilines is 1. The van der Waals surface area contributed by atoms with Gasteiger partial charge in [0, 0.05) is 9.26 Å². The molecule has 3 heteroatoms. The second-order valence-electron chi connectivity index (χ2n) is 2.44. The molecule has 0 aliphatic rings. The van der Waals surface area contributed by atoms with E-state index in [0.29, 0.717) is 0 Å². The number of carbonyl (C=O) groups is 1. The summed E-state index contributed by atoms with van der Waals surface area (Å²) >= 11 is 2.18. The third-order valence-electron chi connectivity index (χ3n) is 1.37. The van der Waals surface area contributed by atoms with Gasteiger partial charge in [0.05, 0.1) is 6.42 Å². The van der Waals surface area contributed by atoms with Crippen molar-refractivity contribution in [3.05, 3.63) is 27.8 Å². The zero-order valence-corrected chi connectivity index (χ0v) is 9.04. The van der Waals surface area contributed by atoms with Crippen molar-refractivity contribution in [1.82, 2.24) is 0 Å². The highest BCUT2D eigenvalue weighted by Gasteiger charge is 1.99. The molecule has 1 N–H and O–H groups in total. The Morgan fingerprint density at radius 2 is 2.38 bits per heavy atom. The van der Waals surface area contributed by atoms with E-state index in [2.05, 4.69) is 33.8 Å². The van der Waals surface area contributed by atoms with Gasteiger partial charge in [0.1, 0.15) is 0 Å². The molecule has 0 fully saturated rings. The van der Waals surface area contributed by atoms with E-state index in [4.69, 9.17) is 6.42 Å². The molecule has 2 nitrogen and oxygen atoms in total. The number of terminal acetylenes is 1. The van der Waals surface area contributed by atoms with Gasteiger partial charge in [0.2, 0.25) is 5.91 Å². The topological polar surface area (TPSA) is 29.1 Å². The first-order valence-corrected chi connectivity index (χ1v) is 4.79. The van der Waals surface area contributed by atoms with Crippen LogP contribution in [0.15, 0.2) is 24.3 Å². The highest BCUT2D eigenvalue weighted by Crippen LogP contribution is 2.12. The Bertz CT molecular complexity index is 354. The lowest BCUT2D eigenvalue weighted by Gasteiger charge is -2.02. The first-order valence-electron chi connectivity index (χ1n) is 3.71. The van der Waals surface area contributed by atoms with Gasteiger partial charge in [0.15, 0.2) is 0 Å². The van der Waals surface area contributed by atoms with Crippen LogP contribution in [0.2, 0.25) is 0 Å². The van der Waals surface area contributed by atoms with E-state index in [1.165, 1.54) is 0 Å². The molecule has 1 rings (SSSR count). The normalized spacial score (nSPS) is 8.92. The van der Waals surface area contributed by atoms with E-state index in [1.807, 2.05) is 24.3 Å². The summed E-state index contributed by atoms with van der Waals surface area (Å²) in [4.78, 5) is 11.1. The molecule has 13 heavy (non-hydrogen) atoms. The number of halogens is 1. The summed E-state index contributed by atoms with van der Waals surface area (Å²) in [6.07, 6.45) is 5.12. The number of carbonyl (C=O) groups excluding carboxylic acids is 1. The number of benzene rings is 1. The number of amides is 1. The van der Waals surface area contributed by atoms with Crippen LogP contribution in [0.4, 0.5) is 5.69 Å². The Hall–Kier alpha value is -1.02. The number of hydrogen-bond donors (Lipinski definition) is 1. The summed E-state index contributed by atoms with van der Waals surface area (Å²) in [5, 5.41) is 2.70. The highest BCUT2D eigenvalue weighted by molar-refractivity contribution is 14.1. The molecule has 0 radical (unpaired) electrons. The third kappa shape index (κ3) is 3.47. The maximum absolute atomic E-state index is 11.1. The Labute approximate surface area is 90.9 Å². The lowest BCUT2D eigenvalue weighted by molar-refractivity contribution is -0.115. The van der Waals surface area contributed by atoms with Crippen molar-refractivity contribution in [1.29, 1.82) is 0 Å². The molecule has 0 heterocycles. The smallest absolute Gasteiger partial charge is 0.236 e. The molecule has 0 aromatic heterocycles. The van der Waals surface area contributed by atoms with Crippen LogP contribution in [0.1, 0.15) is 6.42 Å². The van der Waals surface area contributed by atoms with Crippen LogP contribution in [0, 0.1) is 15.9 Å². The van der Waals surface area contributed by atoms with Gasteiger partial charge in [0.25, 0.3) is 0 Å². The maximum atomic E-state index is 11.1. The fourth-order valence-electron chi connectivity index (χ4n) is 0.864. The van der Waals surface area contributed by atoms with Crippen LogP contribution in [0.3, 0.4) is 0 Å². The monoisotopic (exact) mass is 285 g/mol. The minimum absolute atomic E-state index is 0.117. The summed E-state index contributed by atoms with van der Waals surface area (Å²) in [6.45, 7) is 0. The zero-order chi connectivity index (χ0) is 9.68. The Morgan fingerprint density at radius 3 is 3.00 bits per heavy atom. The first-order chi connectivity index (χ1) is 6.22. The van der Waals surface area contributed by atoms with Crippen LogP contribution < -0.4 is 5.32 Å². The second kappa shape index (κ2) is 4.87. The van der Waals surface area contributed by atoms with E-state index >= 15 is 0 Å². The summed E-state index contributed by atoms with van der Waals surface area (Å²) in [6, 6.07) is 7.55. The quantitative estimate of drug-likeness (QED) is 0.655. The molecule has 0 bridgehead atoms. The lowest BCUT2D eigenvalue weighted by atomic mass is 10.3. The molecule has 1 amide bonds. The zero-order valence-electron chi connectivity index (χ0n) is 6.88. The third-order valence-corrected chi connectivity index (χ3v) is 2.04. The number of rotatable bonds is 2. The van der Waals surface area contributed by atoms with E-state index in [1.54, 1.807) is 0 Å². The van der Waals surface area contributed by atoms with E-state index < -0.39 is 0 Å². The average Bonchev–Trinajstić information content (AvgIpc) is 2.04. The minimum Gasteiger partial charge on any atom is -0.325 e. The first kappa shape index (κ1) is 10.1. The molecule has 0 aliphatic carbocycles. The lowest BCUT2D eigenvalue weighted by Crippen LogP contribution is -2.09. The largest absolute Gasteiger partial charge is 0.325 e. The van der Waals surface area contributed by atoms with Crippen LogP contribution in [-0.4, -0.2) is 5.91 Å². The number of nitrogens with one attached hydrogen (secondary N) is 1.